The summed E-state index contributed by atoms with van der Waals surface area (Å²) in [6.07, 6.45) is 1.26. The first kappa shape index (κ1) is 13.2. The van der Waals surface area contributed by atoms with Gasteiger partial charge >= 0.3 is 0 Å². The normalized spacial score (nSPS) is 11.3. The van der Waals surface area contributed by atoms with Crippen LogP contribution in [0, 0.1) is 6.92 Å². The number of H-pyrrole nitrogens is 1. The fourth-order valence-corrected chi connectivity index (χ4v) is 1.95. The van der Waals surface area contributed by atoms with E-state index in [0.717, 1.165) is 0 Å². The van der Waals surface area contributed by atoms with Crippen LogP contribution in [0.2, 0.25) is 0 Å². The fraction of sp³-hybridized carbons (Fsp3) is 0.100. The highest BCUT2D eigenvalue weighted by atomic mass is 32.2. The summed E-state index contributed by atoms with van der Waals surface area (Å²) in [4.78, 5) is 11.7. The second-order valence-corrected chi connectivity index (χ2v) is 5.39. The van der Waals surface area contributed by atoms with Gasteiger partial charge in [-0.05, 0) is 24.6 Å². The third kappa shape index (κ3) is 2.95. The first-order chi connectivity index (χ1) is 8.88. The SMILES string of the molecule is Cc1ccc(S(N)(=O)=O)cc1NC(=O)c1cn[nH]n1. The number of aromatic nitrogens is 3. The van der Waals surface area contributed by atoms with Gasteiger partial charge in [0.25, 0.3) is 5.91 Å². The molecule has 0 saturated heterocycles. The van der Waals surface area contributed by atoms with Crippen molar-refractivity contribution in [1.82, 2.24) is 15.4 Å². The molecule has 0 bridgehead atoms. The minimum Gasteiger partial charge on any atom is -0.320 e. The van der Waals surface area contributed by atoms with Gasteiger partial charge in [-0.2, -0.15) is 15.4 Å². The van der Waals surface area contributed by atoms with Crippen LogP contribution in [0.5, 0.6) is 0 Å². The molecule has 8 nitrogen and oxygen atoms in total. The molecular weight excluding hydrogens is 270 g/mol. The van der Waals surface area contributed by atoms with Gasteiger partial charge in [-0.1, -0.05) is 6.07 Å². The molecule has 2 rings (SSSR count). The second kappa shape index (κ2) is 4.78. The molecule has 0 aliphatic heterocycles. The highest BCUT2D eigenvalue weighted by molar-refractivity contribution is 7.89. The van der Waals surface area contributed by atoms with Crippen LogP contribution in [0.3, 0.4) is 0 Å². The van der Waals surface area contributed by atoms with E-state index < -0.39 is 15.9 Å². The highest BCUT2D eigenvalue weighted by Gasteiger charge is 2.13. The number of aryl methyl sites for hydroxylation is 1. The number of nitrogens with one attached hydrogen (secondary N) is 2. The Morgan fingerprint density at radius 2 is 2.16 bits per heavy atom. The van der Waals surface area contributed by atoms with Crippen LogP contribution in [-0.4, -0.2) is 29.7 Å². The predicted octanol–water partition coefficient (Wildman–Crippen LogP) is 0.0128. The van der Waals surface area contributed by atoms with E-state index in [1.54, 1.807) is 13.0 Å². The van der Waals surface area contributed by atoms with E-state index in [-0.39, 0.29) is 10.6 Å². The minimum absolute atomic E-state index is 0.0754. The molecule has 100 valence electrons. The maximum Gasteiger partial charge on any atom is 0.277 e. The number of carbonyl (C=O) groups is 1. The van der Waals surface area contributed by atoms with Gasteiger partial charge in [0, 0.05) is 5.69 Å². The summed E-state index contributed by atoms with van der Waals surface area (Å²) in [7, 11) is -3.82. The number of anilines is 1. The van der Waals surface area contributed by atoms with Crippen LogP contribution in [0.4, 0.5) is 5.69 Å². The van der Waals surface area contributed by atoms with Crippen molar-refractivity contribution >= 4 is 21.6 Å². The molecule has 0 atom stereocenters. The maximum atomic E-state index is 11.8. The van der Waals surface area contributed by atoms with Crippen molar-refractivity contribution in [1.29, 1.82) is 0 Å². The van der Waals surface area contributed by atoms with Gasteiger partial charge in [-0.25, -0.2) is 13.6 Å². The van der Waals surface area contributed by atoms with E-state index in [0.29, 0.717) is 11.3 Å². The molecule has 0 unspecified atom stereocenters. The minimum atomic E-state index is -3.82. The zero-order valence-electron chi connectivity index (χ0n) is 9.91. The monoisotopic (exact) mass is 281 g/mol. The smallest absolute Gasteiger partial charge is 0.277 e. The molecular formula is C10H11N5O3S. The molecule has 0 fully saturated rings. The van der Waals surface area contributed by atoms with E-state index in [1.165, 1.54) is 18.3 Å². The molecule has 2 aromatic rings. The first-order valence-electron chi connectivity index (χ1n) is 5.18. The summed E-state index contributed by atoms with van der Waals surface area (Å²) in [6, 6.07) is 4.22. The molecule has 0 aliphatic rings. The van der Waals surface area contributed by atoms with E-state index >= 15 is 0 Å². The average Bonchev–Trinajstić information content (AvgIpc) is 2.84. The van der Waals surface area contributed by atoms with Crippen molar-refractivity contribution in [2.45, 2.75) is 11.8 Å². The number of aromatic amines is 1. The molecule has 0 radical (unpaired) electrons. The van der Waals surface area contributed by atoms with Crippen molar-refractivity contribution in [2.75, 3.05) is 5.32 Å². The first-order valence-corrected chi connectivity index (χ1v) is 6.73. The maximum absolute atomic E-state index is 11.8. The van der Waals surface area contributed by atoms with Crippen molar-refractivity contribution in [3.63, 3.8) is 0 Å². The van der Waals surface area contributed by atoms with E-state index in [2.05, 4.69) is 20.7 Å². The van der Waals surface area contributed by atoms with Gasteiger partial charge in [0.15, 0.2) is 5.69 Å². The van der Waals surface area contributed by atoms with Crippen molar-refractivity contribution in [3.8, 4) is 0 Å². The van der Waals surface area contributed by atoms with Crippen LogP contribution in [0.1, 0.15) is 16.1 Å². The van der Waals surface area contributed by atoms with E-state index in [9.17, 15) is 13.2 Å². The largest absolute Gasteiger partial charge is 0.320 e. The number of sulfonamides is 1. The number of nitrogens with zero attached hydrogens (tertiary/aromatic N) is 2. The molecule has 0 spiro atoms. The summed E-state index contributed by atoms with van der Waals surface area (Å²) in [5.74, 6) is -0.497. The standard InChI is InChI=1S/C10H11N5O3S/c1-6-2-3-7(19(11,17)18)4-8(6)13-10(16)9-5-12-15-14-9/h2-5H,1H3,(H,13,16)(H2,11,17,18)(H,12,14,15). The van der Waals surface area contributed by atoms with Crippen LogP contribution >= 0.6 is 0 Å². The predicted molar refractivity (Wildman–Crippen MR) is 66.9 cm³/mol. The van der Waals surface area contributed by atoms with Gasteiger partial charge in [0.05, 0.1) is 11.1 Å². The molecule has 1 aromatic carbocycles. The lowest BCUT2D eigenvalue weighted by atomic mass is 10.2. The zero-order valence-corrected chi connectivity index (χ0v) is 10.7. The number of hydrogen-bond acceptors (Lipinski definition) is 5. The van der Waals surface area contributed by atoms with Gasteiger partial charge in [-0.15, -0.1) is 0 Å². The zero-order chi connectivity index (χ0) is 14.0. The Morgan fingerprint density at radius 3 is 2.74 bits per heavy atom. The lowest BCUT2D eigenvalue weighted by molar-refractivity contribution is 0.102. The van der Waals surface area contributed by atoms with Crippen LogP contribution < -0.4 is 10.5 Å². The van der Waals surface area contributed by atoms with Crippen LogP contribution in [0.15, 0.2) is 29.3 Å². The number of rotatable bonds is 3. The number of carbonyl (C=O) groups excluding carboxylic acids is 1. The van der Waals surface area contributed by atoms with Gasteiger partial charge in [-0.3, -0.25) is 4.79 Å². The highest BCUT2D eigenvalue weighted by Crippen LogP contribution is 2.19. The molecule has 1 heterocycles. The Kier molecular flexibility index (Phi) is 3.32. The Hall–Kier alpha value is -2.26. The molecule has 9 heteroatoms. The van der Waals surface area contributed by atoms with Crippen molar-refractivity contribution < 1.29 is 13.2 Å². The number of primary sulfonamides is 1. The molecule has 1 aromatic heterocycles. The summed E-state index contributed by atoms with van der Waals surface area (Å²) in [5.41, 5.74) is 1.14. The Bertz CT molecular complexity index is 709. The lowest BCUT2D eigenvalue weighted by Crippen LogP contribution is -2.16. The third-order valence-electron chi connectivity index (χ3n) is 2.43. The lowest BCUT2D eigenvalue weighted by Gasteiger charge is -2.08. The molecule has 19 heavy (non-hydrogen) atoms. The number of benzene rings is 1. The van der Waals surface area contributed by atoms with Crippen LogP contribution in [-0.2, 0) is 10.0 Å². The van der Waals surface area contributed by atoms with Crippen LogP contribution in [0.25, 0.3) is 0 Å². The molecule has 0 aliphatic carbocycles. The number of hydrogen-bond donors (Lipinski definition) is 3. The van der Waals surface area contributed by atoms with Gasteiger partial charge in [0.2, 0.25) is 10.0 Å². The second-order valence-electron chi connectivity index (χ2n) is 3.83. The molecule has 0 saturated carbocycles. The summed E-state index contributed by atoms with van der Waals surface area (Å²) in [6.45, 7) is 1.73. The van der Waals surface area contributed by atoms with E-state index in [4.69, 9.17) is 5.14 Å². The summed E-state index contributed by atoms with van der Waals surface area (Å²) in [5, 5.41) is 17.0. The molecule has 4 N–H and O–H groups in total. The quantitative estimate of drug-likeness (QED) is 0.729. The molecule has 1 amide bonds. The third-order valence-corrected chi connectivity index (χ3v) is 3.34. The number of amides is 1. The Balaban J connectivity index is 2.32. The van der Waals surface area contributed by atoms with Gasteiger partial charge in [0.1, 0.15) is 0 Å². The summed E-state index contributed by atoms with van der Waals surface area (Å²) >= 11 is 0. The topological polar surface area (TPSA) is 131 Å². The van der Waals surface area contributed by atoms with Crippen molar-refractivity contribution in [3.05, 3.63) is 35.7 Å². The van der Waals surface area contributed by atoms with Crippen molar-refractivity contribution in [2.24, 2.45) is 5.14 Å². The van der Waals surface area contributed by atoms with E-state index in [1.807, 2.05) is 0 Å². The average molecular weight is 281 g/mol. The van der Waals surface area contributed by atoms with Gasteiger partial charge < -0.3 is 5.32 Å². The summed E-state index contributed by atoms with van der Waals surface area (Å²) < 4.78 is 22.5. The Morgan fingerprint density at radius 1 is 1.42 bits per heavy atom. The fourth-order valence-electron chi connectivity index (χ4n) is 1.41. The Labute approximate surface area is 109 Å². The number of nitrogens with two attached hydrogens (primary N) is 1.